The molecule has 0 aromatic heterocycles. The number of likely N-dealkylation sites (tertiary alicyclic amines) is 1. The first-order chi connectivity index (χ1) is 9.97. The highest BCUT2D eigenvalue weighted by Crippen LogP contribution is 2.27. The lowest BCUT2D eigenvalue weighted by Gasteiger charge is -2.47. The summed E-state index contributed by atoms with van der Waals surface area (Å²) in [7, 11) is 0. The smallest absolute Gasteiger partial charge is 0.329 e. The molecule has 0 unspecified atom stereocenters. The van der Waals surface area contributed by atoms with Crippen molar-refractivity contribution < 1.29 is 19.4 Å². The van der Waals surface area contributed by atoms with Gasteiger partial charge in [0.05, 0.1) is 13.1 Å². The van der Waals surface area contributed by atoms with Crippen LogP contribution in [0.5, 0.6) is 0 Å². The molecule has 6 heteroatoms. The molecule has 1 amide bonds. The predicted octanol–water partition coefficient (Wildman–Crippen LogP) is 0.605. The lowest BCUT2D eigenvalue weighted by atomic mass is 9.94. The second-order valence-corrected chi connectivity index (χ2v) is 5.88. The molecular weight excluding hydrogens is 272 g/mol. The number of carbonyl (C=O) groups excluding carboxylic acids is 1. The normalized spacial score (nSPS) is 19.0. The van der Waals surface area contributed by atoms with Crippen LogP contribution in [-0.2, 0) is 22.6 Å². The zero-order valence-corrected chi connectivity index (χ0v) is 11.9. The molecule has 0 radical (unpaired) electrons. The minimum Gasteiger partial charge on any atom is -0.480 e. The molecule has 0 aliphatic carbocycles. The summed E-state index contributed by atoms with van der Waals surface area (Å²) in [6.07, 6.45) is 0. The van der Waals surface area contributed by atoms with E-state index in [9.17, 15) is 9.59 Å². The van der Waals surface area contributed by atoms with Crippen LogP contribution >= 0.6 is 0 Å². The Morgan fingerprint density at radius 1 is 1.33 bits per heavy atom. The first kappa shape index (κ1) is 14.0. The number of carboxylic acids is 1. The molecule has 1 saturated heterocycles. The third-order valence-electron chi connectivity index (χ3n) is 3.97. The fourth-order valence-corrected chi connectivity index (χ4v) is 2.84. The molecular formula is C15H18N2O4. The molecule has 2 aliphatic heterocycles. The number of nitrogens with zero attached hydrogens (tertiary/aromatic N) is 1. The van der Waals surface area contributed by atoms with Crippen molar-refractivity contribution in [2.24, 2.45) is 0 Å². The van der Waals surface area contributed by atoms with Crippen LogP contribution in [-0.4, -0.2) is 47.2 Å². The van der Waals surface area contributed by atoms with E-state index in [1.807, 2.05) is 25.1 Å². The van der Waals surface area contributed by atoms with Crippen molar-refractivity contribution in [1.29, 1.82) is 0 Å². The number of ether oxygens (including phenoxy) is 1. The van der Waals surface area contributed by atoms with E-state index < -0.39 is 11.6 Å². The zero-order chi connectivity index (χ0) is 15.0. The molecule has 2 N–H and O–H groups in total. The highest BCUT2D eigenvalue weighted by molar-refractivity contribution is 5.95. The maximum atomic E-state index is 12.4. The quantitative estimate of drug-likeness (QED) is 0.849. The van der Waals surface area contributed by atoms with Gasteiger partial charge >= 0.3 is 5.97 Å². The van der Waals surface area contributed by atoms with Gasteiger partial charge in [0, 0.05) is 18.7 Å². The van der Waals surface area contributed by atoms with Gasteiger partial charge in [-0.3, -0.25) is 4.79 Å². The highest BCUT2D eigenvalue weighted by atomic mass is 16.5. The first-order valence-electron chi connectivity index (χ1n) is 6.94. The summed E-state index contributed by atoms with van der Waals surface area (Å²) in [5.41, 5.74) is 2.54. The fourth-order valence-electron chi connectivity index (χ4n) is 2.84. The largest absolute Gasteiger partial charge is 0.480 e. The standard InChI is InChI=1S/C15H18N2O4/c1-15(21-7-13(18)19)8-17(9-15)14(20)10-2-3-11-5-16-6-12(11)4-10/h2-4,16H,5-9H2,1H3,(H,18,19). The van der Waals surface area contributed by atoms with E-state index in [0.29, 0.717) is 18.7 Å². The second kappa shape index (κ2) is 5.13. The van der Waals surface area contributed by atoms with E-state index in [1.54, 1.807) is 4.90 Å². The SMILES string of the molecule is CC1(OCC(=O)O)CN(C(=O)c2ccc3c(c2)CNC3)C1. The van der Waals surface area contributed by atoms with Gasteiger partial charge in [-0.25, -0.2) is 4.79 Å². The Morgan fingerprint density at radius 3 is 2.76 bits per heavy atom. The highest BCUT2D eigenvalue weighted by Gasteiger charge is 2.43. The molecule has 0 spiro atoms. The number of fused-ring (bicyclic) bond motifs is 1. The van der Waals surface area contributed by atoms with Gasteiger partial charge in [-0.15, -0.1) is 0 Å². The van der Waals surface area contributed by atoms with Crippen LogP contribution in [0.25, 0.3) is 0 Å². The van der Waals surface area contributed by atoms with Crippen molar-refractivity contribution in [1.82, 2.24) is 10.2 Å². The summed E-state index contributed by atoms with van der Waals surface area (Å²) < 4.78 is 5.31. The molecule has 1 fully saturated rings. The Balaban J connectivity index is 1.62. The zero-order valence-electron chi connectivity index (χ0n) is 11.9. The molecule has 21 heavy (non-hydrogen) atoms. The number of carbonyl (C=O) groups is 2. The van der Waals surface area contributed by atoms with Crippen LogP contribution in [0.3, 0.4) is 0 Å². The molecule has 0 atom stereocenters. The van der Waals surface area contributed by atoms with Gasteiger partial charge in [0.1, 0.15) is 12.2 Å². The Labute approximate surface area is 122 Å². The number of amides is 1. The molecule has 3 rings (SSSR count). The molecule has 112 valence electrons. The van der Waals surface area contributed by atoms with Crippen molar-refractivity contribution in [2.75, 3.05) is 19.7 Å². The van der Waals surface area contributed by atoms with Gasteiger partial charge in [0.2, 0.25) is 0 Å². The van der Waals surface area contributed by atoms with Crippen LogP contribution in [0.1, 0.15) is 28.4 Å². The van der Waals surface area contributed by atoms with Crippen molar-refractivity contribution in [3.8, 4) is 0 Å². The second-order valence-electron chi connectivity index (χ2n) is 5.88. The molecule has 2 heterocycles. The Hall–Kier alpha value is -1.92. The predicted molar refractivity (Wildman–Crippen MR) is 74.9 cm³/mol. The number of hydrogen-bond donors (Lipinski definition) is 2. The maximum absolute atomic E-state index is 12.4. The number of nitrogens with one attached hydrogen (secondary N) is 1. The Morgan fingerprint density at radius 2 is 2.05 bits per heavy atom. The van der Waals surface area contributed by atoms with Crippen LogP contribution in [0, 0.1) is 0 Å². The molecule has 0 saturated carbocycles. The van der Waals surface area contributed by atoms with E-state index in [1.165, 1.54) is 11.1 Å². The third kappa shape index (κ3) is 2.77. The van der Waals surface area contributed by atoms with E-state index in [-0.39, 0.29) is 12.5 Å². The third-order valence-corrected chi connectivity index (χ3v) is 3.97. The minimum atomic E-state index is -0.993. The number of benzene rings is 1. The lowest BCUT2D eigenvalue weighted by molar-refractivity contribution is -0.159. The summed E-state index contributed by atoms with van der Waals surface area (Å²) in [6.45, 7) is 4.00. The molecule has 1 aromatic carbocycles. The molecule has 1 aromatic rings. The summed E-state index contributed by atoms with van der Waals surface area (Å²) >= 11 is 0. The molecule has 2 aliphatic rings. The van der Waals surface area contributed by atoms with Crippen LogP contribution in [0.4, 0.5) is 0 Å². The monoisotopic (exact) mass is 290 g/mol. The average Bonchev–Trinajstić information content (AvgIpc) is 2.88. The Kier molecular flexibility index (Phi) is 3.43. The number of carboxylic acid groups (broad SMARTS) is 1. The summed E-state index contributed by atoms with van der Waals surface area (Å²) in [4.78, 5) is 24.6. The summed E-state index contributed by atoms with van der Waals surface area (Å²) in [5, 5.41) is 11.9. The van der Waals surface area contributed by atoms with Gasteiger partial charge in [0.15, 0.2) is 0 Å². The van der Waals surface area contributed by atoms with Crippen molar-refractivity contribution in [3.05, 3.63) is 34.9 Å². The van der Waals surface area contributed by atoms with Crippen molar-refractivity contribution >= 4 is 11.9 Å². The topological polar surface area (TPSA) is 78.9 Å². The average molecular weight is 290 g/mol. The fraction of sp³-hybridized carbons (Fsp3) is 0.467. The van der Waals surface area contributed by atoms with Gasteiger partial charge in [-0.2, -0.15) is 0 Å². The number of hydrogen-bond acceptors (Lipinski definition) is 4. The summed E-state index contributed by atoms with van der Waals surface area (Å²) in [5.74, 6) is -1.02. The summed E-state index contributed by atoms with van der Waals surface area (Å²) in [6, 6.07) is 5.77. The molecule has 0 bridgehead atoms. The first-order valence-corrected chi connectivity index (χ1v) is 6.94. The Bertz CT molecular complexity index is 593. The van der Waals surface area contributed by atoms with Gasteiger partial charge < -0.3 is 20.1 Å². The van der Waals surface area contributed by atoms with Crippen LogP contribution < -0.4 is 5.32 Å². The number of aliphatic carboxylic acids is 1. The minimum absolute atomic E-state index is 0.0268. The number of rotatable bonds is 4. The molecule has 6 nitrogen and oxygen atoms in total. The van der Waals surface area contributed by atoms with E-state index in [4.69, 9.17) is 9.84 Å². The van der Waals surface area contributed by atoms with E-state index >= 15 is 0 Å². The maximum Gasteiger partial charge on any atom is 0.329 e. The van der Waals surface area contributed by atoms with Crippen molar-refractivity contribution in [3.63, 3.8) is 0 Å². The van der Waals surface area contributed by atoms with E-state index in [0.717, 1.165) is 13.1 Å². The van der Waals surface area contributed by atoms with Crippen LogP contribution in [0.2, 0.25) is 0 Å². The van der Waals surface area contributed by atoms with Crippen LogP contribution in [0.15, 0.2) is 18.2 Å². The van der Waals surface area contributed by atoms with Gasteiger partial charge in [-0.1, -0.05) is 6.07 Å². The lowest BCUT2D eigenvalue weighted by Crippen LogP contribution is -2.63. The van der Waals surface area contributed by atoms with Gasteiger partial charge in [0.25, 0.3) is 5.91 Å². The van der Waals surface area contributed by atoms with Crippen molar-refractivity contribution in [2.45, 2.75) is 25.6 Å². The van der Waals surface area contributed by atoms with E-state index in [2.05, 4.69) is 5.32 Å². The van der Waals surface area contributed by atoms with Gasteiger partial charge in [-0.05, 0) is 30.2 Å².